The molecule has 0 fully saturated rings. The number of hydrogen-bond donors (Lipinski definition) is 0. The van der Waals surface area contributed by atoms with E-state index >= 15 is 0 Å². The highest BCUT2D eigenvalue weighted by Gasteiger charge is 2.31. The van der Waals surface area contributed by atoms with Crippen LogP contribution in [0, 0.1) is 10.1 Å². The van der Waals surface area contributed by atoms with E-state index in [0.717, 1.165) is 12.1 Å². The van der Waals surface area contributed by atoms with E-state index < -0.39 is 50.3 Å². The van der Waals surface area contributed by atoms with Crippen LogP contribution in [0.1, 0.15) is 13.8 Å². The molecule has 11 heteroatoms. The number of nitro benzene ring substituents is 1. The van der Waals surface area contributed by atoms with Crippen molar-refractivity contribution in [2.24, 2.45) is 0 Å². The average Bonchev–Trinajstić information content (AvgIpc) is 2.46. The van der Waals surface area contributed by atoms with E-state index in [-0.39, 0.29) is 9.79 Å². The molecule has 0 saturated carbocycles. The van der Waals surface area contributed by atoms with Crippen molar-refractivity contribution in [1.82, 2.24) is 4.90 Å². The van der Waals surface area contributed by atoms with E-state index in [0.29, 0.717) is 19.2 Å². The number of halogens is 3. The van der Waals surface area contributed by atoms with Crippen molar-refractivity contribution in [2.75, 3.05) is 18.8 Å². The van der Waals surface area contributed by atoms with Gasteiger partial charge in [-0.05, 0) is 37.7 Å². The van der Waals surface area contributed by atoms with E-state index in [2.05, 4.69) is 0 Å². The number of nitrogens with zero attached hydrogens (tertiary/aromatic N) is 2. The van der Waals surface area contributed by atoms with Crippen molar-refractivity contribution in [1.29, 1.82) is 0 Å². The fourth-order valence-corrected chi connectivity index (χ4v) is 3.61. The molecule has 1 aromatic rings. The number of carbonyl (C=O) groups excluding carboxylic acids is 1. The third-order valence-corrected chi connectivity index (χ3v) is 5.04. The third kappa shape index (κ3) is 5.78. The first-order valence-corrected chi connectivity index (χ1v) is 8.92. The van der Waals surface area contributed by atoms with Gasteiger partial charge >= 0.3 is 5.51 Å². The van der Waals surface area contributed by atoms with Gasteiger partial charge < -0.3 is 4.90 Å². The van der Waals surface area contributed by atoms with Gasteiger partial charge in [0.15, 0.2) is 0 Å². The number of alkyl halides is 3. The Bertz CT molecular complexity index is 649. The lowest BCUT2D eigenvalue weighted by molar-refractivity contribution is -0.388. The number of benzene rings is 1. The van der Waals surface area contributed by atoms with Crippen LogP contribution in [-0.2, 0) is 15.6 Å². The smallest absolute Gasteiger partial charge is 0.342 e. The van der Waals surface area contributed by atoms with Gasteiger partial charge in [0.2, 0.25) is 5.91 Å². The van der Waals surface area contributed by atoms with Gasteiger partial charge in [0.1, 0.15) is 10.6 Å². The summed E-state index contributed by atoms with van der Waals surface area (Å²) in [6, 6.07) is 2.71. The molecule has 0 aromatic heterocycles. The van der Waals surface area contributed by atoms with Gasteiger partial charge in [-0.25, -0.2) is 0 Å². The number of rotatable bonds is 7. The average molecular weight is 384 g/mol. The maximum absolute atomic E-state index is 12.4. The Morgan fingerprint density at radius 3 is 2.38 bits per heavy atom. The van der Waals surface area contributed by atoms with Crippen molar-refractivity contribution >= 4 is 34.2 Å². The fraction of sp³-hybridized carbons (Fsp3) is 0.462. The van der Waals surface area contributed by atoms with Gasteiger partial charge in [0.05, 0.1) is 15.7 Å². The molecule has 0 N–H and O–H groups in total. The Labute approximate surface area is 143 Å². The van der Waals surface area contributed by atoms with Crippen LogP contribution >= 0.6 is 11.8 Å². The molecule has 0 saturated heterocycles. The highest BCUT2D eigenvalue weighted by molar-refractivity contribution is 8.00. The van der Waals surface area contributed by atoms with Gasteiger partial charge in [-0.1, -0.05) is 0 Å². The monoisotopic (exact) mass is 384 g/mol. The molecule has 6 nitrogen and oxygen atoms in total. The first-order chi connectivity index (χ1) is 11.1. The van der Waals surface area contributed by atoms with Crippen molar-refractivity contribution < 1.29 is 27.1 Å². The Morgan fingerprint density at radius 1 is 1.33 bits per heavy atom. The maximum atomic E-state index is 12.4. The van der Waals surface area contributed by atoms with Crippen LogP contribution in [0.5, 0.6) is 0 Å². The molecule has 1 atom stereocenters. The predicted octanol–water partition coefficient (Wildman–Crippen LogP) is 3.18. The molecule has 1 amide bonds. The van der Waals surface area contributed by atoms with E-state index in [1.165, 1.54) is 4.90 Å². The van der Waals surface area contributed by atoms with Gasteiger partial charge in [-0.2, -0.15) is 13.2 Å². The van der Waals surface area contributed by atoms with E-state index in [9.17, 15) is 32.3 Å². The summed E-state index contributed by atoms with van der Waals surface area (Å²) in [4.78, 5) is 22.8. The molecular formula is C13H15F3N2O4S2. The van der Waals surface area contributed by atoms with Crippen LogP contribution in [0.15, 0.2) is 28.0 Å². The lowest BCUT2D eigenvalue weighted by atomic mass is 10.3. The molecule has 1 rings (SSSR count). The summed E-state index contributed by atoms with van der Waals surface area (Å²) in [5.41, 5.74) is -5.29. The van der Waals surface area contributed by atoms with Crippen LogP contribution in [0.25, 0.3) is 0 Å². The van der Waals surface area contributed by atoms with E-state index in [1.54, 1.807) is 13.8 Å². The standard InChI is InChI=1S/C13H15F3N2O4S2/c1-3-17(4-2)12(19)8-24(22)11-6-5-9(23-13(14,15)16)7-10(11)18(20)21/h5-7H,3-4,8H2,1-2H3. The minimum Gasteiger partial charge on any atom is -0.342 e. The first-order valence-electron chi connectivity index (χ1n) is 6.79. The summed E-state index contributed by atoms with van der Waals surface area (Å²) in [6.07, 6.45) is 0. The summed E-state index contributed by atoms with van der Waals surface area (Å²) < 4.78 is 49.3. The van der Waals surface area contributed by atoms with Crippen molar-refractivity contribution in [3.05, 3.63) is 28.3 Å². The first kappa shape index (κ1) is 20.4. The Balaban J connectivity index is 3.08. The fourth-order valence-electron chi connectivity index (χ4n) is 1.89. The number of nitro groups is 1. The van der Waals surface area contributed by atoms with Crippen LogP contribution in [0.4, 0.5) is 18.9 Å². The number of amides is 1. The van der Waals surface area contributed by atoms with Crippen LogP contribution < -0.4 is 0 Å². The zero-order valence-electron chi connectivity index (χ0n) is 12.8. The quantitative estimate of drug-likeness (QED) is 0.410. The van der Waals surface area contributed by atoms with Crippen LogP contribution in [0.2, 0.25) is 0 Å². The summed E-state index contributed by atoms with van der Waals surface area (Å²) in [5, 5.41) is 11.1. The van der Waals surface area contributed by atoms with E-state index in [4.69, 9.17) is 0 Å². The van der Waals surface area contributed by atoms with Crippen LogP contribution in [-0.4, -0.2) is 44.3 Å². The normalized spacial score (nSPS) is 12.7. The highest BCUT2D eigenvalue weighted by Crippen LogP contribution is 2.39. The van der Waals surface area contributed by atoms with Crippen molar-refractivity contribution in [3.8, 4) is 0 Å². The van der Waals surface area contributed by atoms with Crippen molar-refractivity contribution in [3.63, 3.8) is 0 Å². The molecule has 1 aromatic carbocycles. The molecule has 134 valence electrons. The largest absolute Gasteiger partial charge is 0.446 e. The number of carbonyl (C=O) groups is 1. The highest BCUT2D eigenvalue weighted by atomic mass is 32.2. The van der Waals surface area contributed by atoms with Gasteiger partial charge in [-0.3, -0.25) is 19.1 Å². The second-order valence-electron chi connectivity index (χ2n) is 4.49. The summed E-state index contributed by atoms with van der Waals surface area (Å²) in [7, 11) is -2.02. The Morgan fingerprint density at radius 2 is 1.92 bits per heavy atom. The lowest BCUT2D eigenvalue weighted by Gasteiger charge is -2.18. The minimum atomic E-state index is -4.59. The zero-order valence-corrected chi connectivity index (χ0v) is 14.5. The minimum absolute atomic E-state index is 0.271. The Kier molecular flexibility index (Phi) is 7.21. The SMILES string of the molecule is CCN(CC)C(=O)CS(=O)c1ccc(SC(F)(F)F)cc1[N+](=O)[O-]. The second kappa shape index (κ2) is 8.47. The molecular weight excluding hydrogens is 369 g/mol. The molecule has 24 heavy (non-hydrogen) atoms. The van der Waals surface area contributed by atoms with Gasteiger partial charge in [0.25, 0.3) is 5.69 Å². The van der Waals surface area contributed by atoms with Gasteiger partial charge in [0, 0.05) is 24.1 Å². The number of hydrogen-bond acceptors (Lipinski definition) is 5. The summed E-state index contributed by atoms with van der Waals surface area (Å²) in [6.45, 7) is 4.26. The second-order valence-corrected chi connectivity index (χ2v) is 7.05. The summed E-state index contributed by atoms with van der Waals surface area (Å²) >= 11 is -0.500. The molecule has 0 aliphatic carbocycles. The summed E-state index contributed by atoms with van der Waals surface area (Å²) in [5.74, 6) is -0.907. The van der Waals surface area contributed by atoms with Crippen molar-refractivity contribution in [2.45, 2.75) is 29.1 Å². The van der Waals surface area contributed by atoms with Crippen LogP contribution in [0.3, 0.4) is 0 Å². The van der Waals surface area contributed by atoms with Gasteiger partial charge in [-0.15, -0.1) is 0 Å². The van der Waals surface area contributed by atoms with E-state index in [1.807, 2.05) is 0 Å². The molecule has 1 unspecified atom stereocenters. The molecule has 0 aliphatic rings. The third-order valence-electron chi connectivity index (χ3n) is 2.98. The Hall–Kier alpha value is -1.62. The molecule has 0 bridgehead atoms. The predicted molar refractivity (Wildman–Crippen MR) is 84.2 cm³/mol. The zero-order chi connectivity index (χ0) is 18.5. The molecule has 0 heterocycles. The molecule has 0 radical (unpaired) electrons. The molecule has 0 aliphatic heterocycles. The number of thioether (sulfide) groups is 1. The topological polar surface area (TPSA) is 80.5 Å². The molecule has 0 spiro atoms. The lowest BCUT2D eigenvalue weighted by Crippen LogP contribution is -2.34. The maximum Gasteiger partial charge on any atom is 0.446 e.